The van der Waals surface area contributed by atoms with Crippen molar-refractivity contribution >= 4 is 33.6 Å². The summed E-state index contributed by atoms with van der Waals surface area (Å²) in [7, 11) is 0. The summed E-state index contributed by atoms with van der Waals surface area (Å²) in [6, 6.07) is 4.31. The third kappa shape index (κ3) is 5.38. The molecule has 0 saturated carbocycles. The summed E-state index contributed by atoms with van der Waals surface area (Å²) >= 11 is 3.16. The molecule has 3 N–H and O–H groups in total. The predicted octanol–water partition coefficient (Wildman–Crippen LogP) is 3.95. The largest absolute Gasteiger partial charge is 0.478 e. The van der Waals surface area contributed by atoms with Gasteiger partial charge in [-0.25, -0.2) is 9.59 Å². The number of halogens is 1. The summed E-state index contributed by atoms with van der Waals surface area (Å²) in [5, 5.41) is 14.5. The number of benzene rings is 1. The van der Waals surface area contributed by atoms with Crippen molar-refractivity contribution in [3.8, 4) is 0 Å². The molecular formula is C15H21BrN2O3. The number of rotatable bonds is 4. The van der Waals surface area contributed by atoms with E-state index in [2.05, 4.69) is 54.3 Å². The first-order valence-electron chi connectivity index (χ1n) is 6.69. The van der Waals surface area contributed by atoms with Crippen molar-refractivity contribution < 1.29 is 14.7 Å². The Bertz CT molecular complexity index is 538. The number of aromatic carboxylic acids is 1. The average molecular weight is 357 g/mol. The highest BCUT2D eigenvalue weighted by atomic mass is 79.9. The zero-order chi connectivity index (χ0) is 16.2. The third-order valence-electron chi connectivity index (χ3n) is 3.50. The highest BCUT2D eigenvalue weighted by Gasteiger charge is 2.20. The van der Waals surface area contributed by atoms with Crippen LogP contribution in [-0.2, 0) is 0 Å². The van der Waals surface area contributed by atoms with Crippen molar-refractivity contribution in [1.82, 2.24) is 5.32 Å². The van der Waals surface area contributed by atoms with Crippen LogP contribution < -0.4 is 10.6 Å². The lowest BCUT2D eigenvalue weighted by Crippen LogP contribution is -2.36. The Balaban J connectivity index is 2.64. The van der Waals surface area contributed by atoms with Crippen LogP contribution in [0.5, 0.6) is 0 Å². The summed E-state index contributed by atoms with van der Waals surface area (Å²) in [4.78, 5) is 22.9. The first-order valence-corrected chi connectivity index (χ1v) is 7.48. The van der Waals surface area contributed by atoms with Crippen molar-refractivity contribution in [3.63, 3.8) is 0 Å². The molecule has 0 aliphatic carbocycles. The smallest absolute Gasteiger partial charge is 0.336 e. The molecule has 5 nitrogen and oxygen atoms in total. The summed E-state index contributed by atoms with van der Waals surface area (Å²) in [5.41, 5.74) is 0.661. The maximum Gasteiger partial charge on any atom is 0.336 e. The van der Waals surface area contributed by atoms with Crippen molar-refractivity contribution in [2.24, 2.45) is 11.3 Å². The zero-order valence-electron chi connectivity index (χ0n) is 12.7. The Morgan fingerprint density at radius 3 is 2.48 bits per heavy atom. The average Bonchev–Trinajstić information content (AvgIpc) is 2.36. The van der Waals surface area contributed by atoms with E-state index in [1.54, 1.807) is 12.1 Å². The van der Waals surface area contributed by atoms with Crippen LogP contribution in [0.4, 0.5) is 10.5 Å². The zero-order valence-corrected chi connectivity index (χ0v) is 14.2. The first-order chi connectivity index (χ1) is 9.61. The van der Waals surface area contributed by atoms with Gasteiger partial charge in [-0.15, -0.1) is 0 Å². The van der Waals surface area contributed by atoms with Gasteiger partial charge in [-0.3, -0.25) is 0 Å². The lowest BCUT2D eigenvalue weighted by Gasteiger charge is -2.27. The molecule has 0 saturated heterocycles. The number of hydrogen-bond acceptors (Lipinski definition) is 2. The van der Waals surface area contributed by atoms with Gasteiger partial charge in [0.25, 0.3) is 0 Å². The minimum absolute atomic E-state index is 0.107. The molecule has 0 spiro atoms. The number of urea groups is 1. The lowest BCUT2D eigenvalue weighted by molar-refractivity contribution is 0.0696. The van der Waals surface area contributed by atoms with Crippen LogP contribution in [0.15, 0.2) is 22.7 Å². The molecule has 0 radical (unpaired) electrons. The lowest BCUT2D eigenvalue weighted by atomic mass is 9.82. The van der Waals surface area contributed by atoms with Gasteiger partial charge in [0.2, 0.25) is 0 Å². The third-order valence-corrected chi connectivity index (χ3v) is 4.19. The molecule has 1 aromatic carbocycles. The van der Waals surface area contributed by atoms with Gasteiger partial charge in [-0.2, -0.15) is 0 Å². The summed E-state index contributed by atoms with van der Waals surface area (Å²) in [6.45, 7) is 8.97. The Hall–Kier alpha value is -1.56. The van der Waals surface area contributed by atoms with E-state index in [4.69, 9.17) is 5.11 Å². The quantitative estimate of drug-likeness (QED) is 0.763. The van der Waals surface area contributed by atoms with Crippen LogP contribution in [0, 0.1) is 11.3 Å². The van der Waals surface area contributed by atoms with E-state index in [-0.39, 0.29) is 17.0 Å². The molecule has 1 atom stereocenters. The van der Waals surface area contributed by atoms with E-state index < -0.39 is 5.97 Å². The highest BCUT2D eigenvalue weighted by molar-refractivity contribution is 9.10. The summed E-state index contributed by atoms with van der Waals surface area (Å²) < 4.78 is 0.474. The second kappa shape index (κ2) is 6.93. The van der Waals surface area contributed by atoms with Gasteiger partial charge in [0.15, 0.2) is 0 Å². The van der Waals surface area contributed by atoms with Crippen LogP contribution >= 0.6 is 15.9 Å². The fraction of sp³-hybridized carbons (Fsp3) is 0.467. The Morgan fingerprint density at radius 1 is 1.33 bits per heavy atom. The van der Waals surface area contributed by atoms with Crippen LogP contribution in [0.25, 0.3) is 0 Å². The Labute approximate surface area is 133 Å². The van der Waals surface area contributed by atoms with Crippen molar-refractivity contribution in [2.45, 2.75) is 27.7 Å². The van der Waals surface area contributed by atoms with Crippen LogP contribution in [0.1, 0.15) is 38.1 Å². The summed E-state index contributed by atoms with van der Waals surface area (Å²) in [5.74, 6) is -0.727. The Morgan fingerprint density at radius 2 is 1.95 bits per heavy atom. The number of nitrogens with one attached hydrogen (secondary N) is 2. The van der Waals surface area contributed by atoms with Gasteiger partial charge in [-0.05, 0) is 45.5 Å². The highest BCUT2D eigenvalue weighted by Crippen LogP contribution is 2.24. The maximum atomic E-state index is 11.8. The second-order valence-corrected chi connectivity index (χ2v) is 6.96. The van der Waals surface area contributed by atoms with Gasteiger partial charge in [-0.1, -0.05) is 27.7 Å². The molecular weight excluding hydrogens is 336 g/mol. The van der Waals surface area contributed by atoms with E-state index in [9.17, 15) is 9.59 Å². The van der Waals surface area contributed by atoms with E-state index in [0.717, 1.165) is 0 Å². The van der Waals surface area contributed by atoms with Gasteiger partial charge in [0.1, 0.15) is 0 Å². The van der Waals surface area contributed by atoms with E-state index >= 15 is 0 Å². The molecule has 1 rings (SSSR count). The monoisotopic (exact) mass is 356 g/mol. The molecule has 1 aromatic rings. The van der Waals surface area contributed by atoms with Gasteiger partial charge in [0, 0.05) is 16.7 Å². The van der Waals surface area contributed by atoms with Crippen molar-refractivity contribution in [2.75, 3.05) is 11.9 Å². The normalized spacial score (nSPS) is 12.6. The number of amides is 2. The molecule has 0 aliphatic heterocycles. The predicted molar refractivity (Wildman–Crippen MR) is 86.7 cm³/mol. The molecule has 0 aliphatic rings. The van der Waals surface area contributed by atoms with Crippen LogP contribution in [-0.4, -0.2) is 23.7 Å². The number of hydrogen-bond donors (Lipinski definition) is 3. The number of anilines is 1. The topological polar surface area (TPSA) is 78.4 Å². The van der Waals surface area contributed by atoms with Gasteiger partial charge in [0.05, 0.1) is 5.56 Å². The molecule has 116 valence electrons. The van der Waals surface area contributed by atoms with Crippen LogP contribution in [0.3, 0.4) is 0 Å². The van der Waals surface area contributed by atoms with Crippen LogP contribution in [0.2, 0.25) is 0 Å². The molecule has 1 unspecified atom stereocenters. The Kier molecular flexibility index (Phi) is 5.78. The van der Waals surface area contributed by atoms with E-state index in [1.807, 2.05) is 0 Å². The number of carboxylic acids is 1. The number of carbonyl (C=O) groups is 2. The minimum atomic E-state index is -1.05. The number of carbonyl (C=O) groups excluding carboxylic acids is 1. The molecule has 0 bridgehead atoms. The fourth-order valence-corrected chi connectivity index (χ4v) is 1.91. The SMILES string of the molecule is CC(CNC(=O)Nc1ccc(Br)c(C(=O)O)c1)C(C)(C)C. The van der Waals surface area contributed by atoms with E-state index in [1.165, 1.54) is 6.07 Å². The molecule has 0 aromatic heterocycles. The standard InChI is InChI=1S/C15H21BrN2O3/c1-9(15(2,3)4)8-17-14(21)18-10-5-6-12(16)11(7-10)13(19)20/h5-7,9H,8H2,1-4H3,(H,19,20)(H2,17,18,21). The molecule has 0 fully saturated rings. The van der Waals surface area contributed by atoms with Crippen molar-refractivity contribution in [3.05, 3.63) is 28.2 Å². The van der Waals surface area contributed by atoms with Gasteiger partial charge < -0.3 is 15.7 Å². The number of carboxylic acid groups (broad SMARTS) is 1. The maximum absolute atomic E-state index is 11.8. The molecule has 6 heteroatoms. The minimum Gasteiger partial charge on any atom is -0.478 e. The molecule has 0 heterocycles. The summed E-state index contributed by atoms with van der Waals surface area (Å²) in [6.07, 6.45) is 0. The first kappa shape index (κ1) is 17.5. The molecule has 21 heavy (non-hydrogen) atoms. The second-order valence-electron chi connectivity index (χ2n) is 6.10. The van der Waals surface area contributed by atoms with Crippen molar-refractivity contribution in [1.29, 1.82) is 0 Å². The van der Waals surface area contributed by atoms with E-state index in [0.29, 0.717) is 22.6 Å². The molecule has 2 amide bonds. The fourth-order valence-electron chi connectivity index (χ4n) is 1.49. The van der Waals surface area contributed by atoms with Gasteiger partial charge >= 0.3 is 12.0 Å².